The first kappa shape index (κ1) is 39.0. The molecule has 2 heterocycles. The van der Waals surface area contributed by atoms with Crippen molar-refractivity contribution in [3.05, 3.63) is 120 Å². The highest BCUT2D eigenvalue weighted by Crippen LogP contribution is 2.42. The first-order chi connectivity index (χ1) is 24.9. The van der Waals surface area contributed by atoms with Crippen LogP contribution in [0.1, 0.15) is 29.2 Å². The summed E-state index contributed by atoms with van der Waals surface area (Å²) in [5.74, 6) is -2.70. The predicted molar refractivity (Wildman–Crippen MR) is 206 cm³/mol. The van der Waals surface area contributed by atoms with Gasteiger partial charge in [-0.2, -0.15) is 0 Å². The van der Waals surface area contributed by atoms with Gasteiger partial charge in [-0.3, -0.25) is 9.59 Å². The number of carbonyl (C=O) groups is 4. The van der Waals surface area contributed by atoms with E-state index in [1.165, 1.54) is 6.07 Å². The van der Waals surface area contributed by atoms with Crippen molar-refractivity contribution < 1.29 is 43.6 Å². The maximum atomic E-state index is 14.1. The van der Waals surface area contributed by atoms with Gasteiger partial charge in [-0.1, -0.05) is 60.7 Å². The van der Waals surface area contributed by atoms with Crippen LogP contribution in [0.25, 0.3) is 0 Å². The summed E-state index contributed by atoms with van der Waals surface area (Å²) < 4.78 is 18.9. The number of phenolic OH excluding ortho intramolecular Hbond substituents is 1. The topological polar surface area (TPSA) is 173 Å². The molecule has 6 rings (SSSR count). The zero-order valence-corrected chi connectivity index (χ0v) is 32.9. The molecule has 3 amide bonds. The number of aliphatic carboxylic acids is 1. The molecule has 4 aromatic rings. The molecule has 52 heavy (non-hydrogen) atoms. The first-order valence-corrected chi connectivity index (χ1v) is 18.7. The van der Waals surface area contributed by atoms with E-state index in [0.717, 1.165) is 11.1 Å². The van der Waals surface area contributed by atoms with Gasteiger partial charge in [-0.05, 0) is 108 Å². The van der Waals surface area contributed by atoms with E-state index < -0.39 is 48.1 Å². The van der Waals surface area contributed by atoms with Crippen molar-refractivity contribution in [2.24, 2.45) is 0 Å². The van der Waals surface area contributed by atoms with Crippen LogP contribution in [-0.2, 0) is 49.9 Å². The Balaban J connectivity index is 1.53. The Bertz CT molecular complexity index is 1910. The second-order valence-corrected chi connectivity index (χ2v) is 14.8. The van der Waals surface area contributed by atoms with Gasteiger partial charge >= 0.3 is 12.1 Å². The van der Waals surface area contributed by atoms with Gasteiger partial charge in [0.25, 0.3) is 0 Å². The number of alkyl carbamates (subject to hydrolysis) is 1. The summed E-state index contributed by atoms with van der Waals surface area (Å²) in [4.78, 5) is 53.6. The Morgan fingerprint density at radius 2 is 1.50 bits per heavy atom. The molecule has 4 bridgehead atoms. The SMILES string of the molecule is C[C@H](OCc1ccccc1)[C@@H]1NC(=O)[C@@H](NC(=O)OCc2ccccc2)Cc2cc(I)c(O)c(c2)Oc2c(Br)cc(cc2Br)CC(C(=O)O)NC1=O. The monoisotopic (exact) mass is 949 g/mol. The van der Waals surface area contributed by atoms with E-state index >= 15 is 0 Å². The average molecular weight is 951 g/mol. The molecule has 0 fully saturated rings. The lowest BCUT2D eigenvalue weighted by atomic mass is 10.0. The van der Waals surface area contributed by atoms with Gasteiger partial charge in [-0.15, -0.1) is 0 Å². The third-order valence-electron chi connectivity index (χ3n) is 8.08. The molecule has 0 saturated carbocycles. The Hall–Kier alpha value is -4.19. The van der Waals surface area contributed by atoms with Crippen molar-refractivity contribution >= 4 is 78.3 Å². The van der Waals surface area contributed by atoms with Crippen LogP contribution in [0.15, 0.2) is 93.9 Å². The Kier molecular flexibility index (Phi) is 13.5. The van der Waals surface area contributed by atoms with Gasteiger partial charge in [0.15, 0.2) is 17.2 Å². The van der Waals surface area contributed by atoms with Crippen LogP contribution in [0.4, 0.5) is 4.79 Å². The van der Waals surface area contributed by atoms with E-state index in [1.807, 2.05) is 59.0 Å². The van der Waals surface area contributed by atoms with Crippen molar-refractivity contribution in [3.63, 3.8) is 0 Å². The van der Waals surface area contributed by atoms with E-state index in [0.29, 0.717) is 23.6 Å². The molecule has 5 N–H and O–H groups in total. The lowest BCUT2D eigenvalue weighted by molar-refractivity contribution is -0.143. The van der Waals surface area contributed by atoms with Crippen LogP contribution < -0.4 is 20.7 Å². The zero-order chi connectivity index (χ0) is 37.4. The number of ether oxygens (including phenoxy) is 3. The fourth-order valence-electron chi connectivity index (χ4n) is 5.36. The van der Waals surface area contributed by atoms with Crippen LogP contribution in [0.2, 0.25) is 0 Å². The van der Waals surface area contributed by atoms with Crippen LogP contribution in [0, 0.1) is 3.57 Å². The van der Waals surface area contributed by atoms with Crippen molar-refractivity contribution in [1.82, 2.24) is 16.0 Å². The van der Waals surface area contributed by atoms with Gasteiger partial charge in [-0.25, -0.2) is 9.59 Å². The number of nitrogens with one attached hydrogen (secondary N) is 3. The number of fused-ring (bicyclic) bond motifs is 10. The molecular formula is C37H34Br2IN3O9. The minimum Gasteiger partial charge on any atom is -0.504 e. The van der Waals surface area contributed by atoms with Crippen molar-refractivity contribution in [1.29, 1.82) is 0 Å². The van der Waals surface area contributed by atoms with Gasteiger partial charge in [0.2, 0.25) is 11.8 Å². The summed E-state index contributed by atoms with van der Waals surface area (Å²) in [5, 5.41) is 29.0. The van der Waals surface area contributed by atoms with Crippen molar-refractivity contribution in [3.8, 4) is 17.2 Å². The summed E-state index contributed by atoms with van der Waals surface area (Å²) in [7, 11) is 0. The highest BCUT2D eigenvalue weighted by molar-refractivity contribution is 14.1. The molecule has 2 aliphatic heterocycles. The molecule has 0 aliphatic carbocycles. The smallest absolute Gasteiger partial charge is 0.408 e. The molecule has 12 nitrogen and oxygen atoms in total. The summed E-state index contributed by atoms with van der Waals surface area (Å²) >= 11 is 8.90. The van der Waals surface area contributed by atoms with E-state index in [4.69, 9.17) is 14.2 Å². The summed E-state index contributed by atoms with van der Waals surface area (Å²) in [6, 6.07) is 20.6. The van der Waals surface area contributed by atoms with E-state index in [-0.39, 0.29) is 43.3 Å². The maximum absolute atomic E-state index is 14.1. The van der Waals surface area contributed by atoms with E-state index in [9.17, 15) is 29.4 Å². The Morgan fingerprint density at radius 1 is 0.904 bits per heavy atom. The molecule has 0 aromatic heterocycles. The minimum atomic E-state index is -1.41. The number of phenols is 1. The number of halogens is 3. The molecule has 15 heteroatoms. The lowest BCUT2D eigenvalue weighted by Crippen LogP contribution is -2.60. The van der Waals surface area contributed by atoms with Crippen LogP contribution in [0.5, 0.6) is 17.2 Å². The molecule has 0 radical (unpaired) electrons. The molecule has 2 aliphatic rings. The highest BCUT2D eigenvalue weighted by atomic mass is 127. The van der Waals surface area contributed by atoms with Crippen molar-refractivity contribution in [2.45, 2.75) is 57.2 Å². The van der Waals surface area contributed by atoms with Crippen LogP contribution >= 0.6 is 54.5 Å². The number of aromatic hydroxyl groups is 1. The number of hydrogen-bond donors (Lipinski definition) is 5. The number of benzene rings is 4. The summed E-state index contributed by atoms with van der Waals surface area (Å²) in [5.41, 5.74) is 2.57. The molecule has 272 valence electrons. The van der Waals surface area contributed by atoms with Gasteiger partial charge < -0.3 is 40.4 Å². The summed E-state index contributed by atoms with van der Waals surface area (Å²) in [6.07, 6.45) is -2.10. The number of amides is 3. The van der Waals surface area contributed by atoms with Crippen LogP contribution in [0.3, 0.4) is 0 Å². The summed E-state index contributed by atoms with van der Waals surface area (Å²) in [6.45, 7) is 1.62. The van der Waals surface area contributed by atoms with Gasteiger partial charge in [0.05, 0.1) is 25.2 Å². The quantitative estimate of drug-likeness (QED) is 0.126. The third-order valence-corrected chi connectivity index (χ3v) is 10.1. The number of carboxylic acid groups (broad SMARTS) is 1. The predicted octanol–water partition coefficient (Wildman–Crippen LogP) is 6.37. The van der Waals surface area contributed by atoms with Crippen LogP contribution in [-0.4, -0.2) is 58.3 Å². The second-order valence-electron chi connectivity index (χ2n) is 12.0. The normalized spacial score (nSPS) is 18.3. The van der Waals surface area contributed by atoms with E-state index in [1.54, 1.807) is 49.4 Å². The average Bonchev–Trinajstić information content (AvgIpc) is 3.12. The minimum absolute atomic E-state index is 0.0623. The Labute approximate surface area is 330 Å². The first-order valence-electron chi connectivity index (χ1n) is 16.0. The number of carbonyl (C=O) groups excluding carboxylic acids is 3. The molecule has 4 aromatic carbocycles. The van der Waals surface area contributed by atoms with E-state index in [2.05, 4.69) is 47.8 Å². The standard InChI is InChI=1S/C37H34Br2IN3O9/c1-20(50-18-21-8-4-2-5-9-21)31-35(46)41-29(36(47)48)16-23-12-25(38)33(26(39)13-23)52-30-17-24(14-27(40)32(30)44)15-28(34(45)43-31)42-37(49)51-19-22-10-6-3-7-11-22/h2-14,17,20,28-29,31,44H,15-16,18-19H2,1H3,(H,41,46)(H,42,49)(H,43,45)(H,47,48)/t20-,28-,29?,31-/m0/s1. The molecule has 0 saturated heterocycles. The van der Waals surface area contributed by atoms with Crippen molar-refractivity contribution in [2.75, 3.05) is 0 Å². The fraction of sp³-hybridized carbons (Fsp3) is 0.243. The number of hydrogen-bond acceptors (Lipinski definition) is 8. The Morgan fingerprint density at radius 3 is 2.12 bits per heavy atom. The lowest BCUT2D eigenvalue weighted by Gasteiger charge is -2.28. The maximum Gasteiger partial charge on any atom is 0.408 e. The van der Waals surface area contributed by atoms with Gasteiger partial charge in [0.1, 0.15) is 24.7 Å². The number of rotatable bonds is 8. The third kappa shape index (κ3) is 10.5. The number of carboxylic acids is 1. The van der Waals surface area contributed by atoms with Gasteiger partial charge in [0, 0.05) is 12.8 Å². The molecule has 0 spiro atoms. The fourth-order valence-corrected chi connectivity index (χ4v) is 7.47. The second kappa shape index (κ2) is 18.0. The largest absolute Gasteiger partial charge is 0.504 e. The molecule has 4 atom stereocenters. The highest BCUT2D eigenvalue weighted by Gasteiger charge is 2.34. The molecular weight excluding hydrogens is 917 g/mol. The zero-order valence-electron chi connectivity index (χ0n) is 27.6. The molecule has 1 unspecified atom stereocenters.